The van der Waals surface area contributed by atoms with Crippen molar-refractivity contribution in [1.82, 2.24) is 15.1 Å². The summed E-state index contributed by atoms with van der Waals surface area (Å²) in [7, 11) is 0. The molecule has 0 aromatic rings. The molecule has 1 unspecified atom stereocenters. The van der Waals surface area contributed by atoms with Crippen molar-refractivity contribution in [1.29, 1.82) is 0 Å². The van der Waals surface area contributed by atoms with E-state index in [2.05, 4.69) is 12.2 Å². The molecule has 1 atom stereocenters. The van der Waals surface area contributed by atoms with Crippen LogP contribution in [0, 0.1) is 0 Å². The molecule has 1 saturated heterocycles. The van der Waals surface area contributed by atoms with Crippen LogP contribution in [0.3, 0.4) is 0 Å². The maximum Gasteiger partial charge on any atom is 0.320 e. The predicted molar refractivity (Wildman–Crippen MR) is 77.8 cm³/mol. The number of urea groups is 1. The lowest BCUT2D eigenvalue weighted by molar-refractivity contribution is -0.143. The second kappa shape index (κ2) is 6.92. The highest BCUT2D eigenvalue weighted by Crippen LogP contribution is 2.13. The summed E-state index contributed by atoms with van der Waals surface area (Å²) in [5.74, 6) is -0.813. The fourth-order valence-electron chi connectivity index (χ4n) is 2.52. The monoisotopic (exact) mass is 285 g/mol. The molecule has 0 bridgehead atoms. The number of piperazine rings is 1. The van der Waals surface area contributed by atoms with Gasteiger partial charge in [-0.15, -0.1) is 0 Å². The van der Waals surface area contributed by atoms with Crippen LogP contribution in [0.5, 0.6) is 0 Å². The van der Waals surface area contributed by atoms with E-state index in [1.807, 2.05) is 18.7 Å². The molecule has 1 aliphatic heterocycles. The molecule has 1 fully saturated rings. The van der Waals surface area contributed by atoms with Gasteiger partial charge in [0.2, 0.25) is 0 Å². The van der Waals surface area contributed by atoms with Gasteiger partial charge in [-0.2, -0.15) is 0 Å². The molecule has 6 heteroatoms. The van der Waals surface area contributed by atoms with Crippen molar-refractivity contribution >= 4 is 12.0 Å². The Labute approximate surface area is 121 Å². The van der Waals surface area contributed by atoms with E-state index < -0.39 is 12.0 Å². The van der Waals surface area contributed by atoms with Crippen LogP contribution in [0.15, 0.2) is 0 Å². The lowest BCUT2D eigenvalue weighted by Crippen LogP contribution is -2.57. The Morgan fingerprint density at radius 2 is 1.80 bits per heavy atom. The minimum Gasteiger partial charge on any atom is -0.480 e. The number of hydrogen-bond donors (Lipinski definition) is 2. The van der Waals surface area contributed by atoms with Crippen LogP contribution in [0.1, 0.15) is 40.5 Å². The quantitative estimate of drug-likeness (QED) is 0.800. The summed E-state index contributed by atoms with van der Waals surface area (Å²) in [6.07, 6.45) is 1.96. The summed E-state index contributed by atoms with van der Waals surface area (Å²) in [4.78, 5) is 26.8. The Morgan fingerprint density at radius 1 is 1.25 bits per heavy atom. The third-order valence-electron chi connectivity index (χ3n) is 3.83. The number of carboxylic acid groups (broad SMARTS) is 1. The van der Waals surface area contributed by atoms with Crippen molar-refractivity contribution < 1.29 is 14.7 Å². The number of amides is 2. The number of carbonyl (C=O) groups excluding carboxylic acids is 1. The van der Waals surface area contributed by atoms with Gasteiger partial charge in [0.05, 0.1) is 0 Å². The third-order valence-corrected chi connectivity index (χ3v) is 3.83. The van der Waals surface area contributed by atoms with Crippen LogP contribution in [0.25, 0.3) is 0 Å². The Kier molecular flexibility index (Phi) is 5.80. The van der Waals surface area contributed by atoms with E-state index in [4.69, 9.17) is 5.11 Å². The summed E-state index contributed by atoms with van der Waals surface area (Å²) in [6.45, 7) is 10.2. The van der Waals surface area contributed by atoms with Gasteiger partial charge in [0.25, 0.3) is 0 Å². The Bertz CT molecular complexity index is 350. The number of nitrogens with one attached hydrogen (secondary N) is 1. The molecular weight excluding hydrogens is 258 g/mol. The Balaban J connectivity index is 2.45. The van der Waals surface area contributed by atoms with Gasteiger partial charge in [-0.1, -0.05) is 13.3 Å². The zero-order valence-corrected chi connectivity index (χ0v) is 13.0. The fourth-order valence-corrected chi connectivity index (χ4v) is 2.52. The molecule has 0 saturated carbocycles. The van der Waals surface area contributed by atoms with Crippen LogP contribution in [0.4, 0.5) is 4.79 Å². The van der Waals surface area contributed by atoms with Crippen molar-refractivity contribution in [2.24, 2.45) is 0 Å². The van der Waals surface area contributed by atoms with E-state index in [1.165, 1.54) is 0 Å². The van der Waals surface area contributed by atoms with Gasteiger partial charge in [-0.05, 0) is 27.2 Å². The minimum absolute atomic E-state index is 0.0499. The summed E-state index contributed by atoms with van der Waals surface area (Å²) in [6, 6.07) is -0.539. The predicted octanol–water partition coefficient (Wildman–Crippen LogP) is 1.37. The van der Waals surface area contributed by atoms with Gasteiger partial charge in [-0.25, -0.2) is 4.79 Å². The van der Waals surface area contributed by atoms with Crippen molar-refractivity contribution in [3.05, 3.63) is 0 Å². The number of aliphatic carboxylic acids is 1. The number of carbonyl (C=O) groups is 2. The zero-order valence-electron chi connectivity index (χ0n) is 13.0. The standard InChI is InChI=1S/C14H27N3O3/c1-5-6-14(3,4)15-13(20)17-9-7-16(8-10-17)11(2)12(18)19/h11H,5-10H2,1-4H3,(H,15,20)(H,18,19). The van der Waals surface area contributed by atoms with Gasteiger partial charge < -0.3 is 15.3 Å². The molecule has 2 N–H and O–H groups in total. The van der Waals surface area contributed by atoms with E-state index in [0.29, 0.717) is 26.2 Å². The first-order valence-electron chi connectivity index (χ1n) is 7.31. The highest BCUT2D eigenvalue weighted by Gasteiger charge is 2.29. The Hall–Kier alpha value is -1.30. The molecule has 0 aromatic carbocycles. The third kappa shape index (κ3) is 4.67. The molecule has 0 aliphatic carbocycles. The van der Waals surface area contributed by atoms with E-state index in [9.17, 15) is 9.59 Å². The van der Waals surface area contributed by atoms with E-state index in [0.717, 1.165) is 12.8 Å². The Morgan fingerprint density at radius 3 is 2.25 bits per heavy atom. The molecule has 1 aliphatic rings. The van der Waals surface area contributed by atoms with Crippen molar-refractivity contribution in [2.45, 2.75) is 52.1 Å². The van der Waals surface area contributed by atoms with Gasteiger partial charge in [-0.3, -0.25) is 9.69 Å². The first-order chi connectivity index (χ1) is 9.26. The maximum absolute atomic E-state index is 12.2. The molecule has 116 valence electrons. The van der Waals surface area contributed by atoms with Crippen LogP contribution >= 0.6 is 0 Å². The largest absolute Gasteiger partial charge is 0.480 e. The molecule has 0 spiro atoms. The van der Waals surface area contributed by atoms with E-state index >= 15 is 0 Å². The van der Waals surface area contributed by atoms with Gasteiger partial charge in [0.1, 0.15) is 6.04 Å². The lowest BCUT2D eigenvalue weighted by Gasteiger charge is -2.38. The van der Waals surface area contributed by atoms with Crippen LogP contribution < -0.4 is 5.32 Å². The van der Waals surface area contributed by atoms with E-state index in [1.54, 1.807) is 11.8 Å². The first kappa shape index (κ1) is 16.8. The number of hydrogen-bond acceptors (Lipinski definition) is 3. The summed E-state index contributed by atoms with van der Waals surface area (Å²) in [5, 5.41) is 12.0. The summed E-state index contributed by atoms with van der Waals surface area (Å²) >= 11 is 0. The molecule has 0 radical (unpaired) electrons. The second-order valence-corrected chi connectivity index (χ2v) is 6.10. The molecule has 20 heavy (non-hydrogen) atoms. The minimum atomic E-state index is -0.813. The first-order valence-corrected chi connectivity index (χ1v) is 7.31. The average Bonchev–Trinajstić information content (AvgIpc) is 2.37. The van der Waals surface area contributed by atoms with Gasteiger partial charge >= 0.3 is 12.0 Å². The summed E-state index contributed by atoms with van der Waals surface area (Å²) in [5.41, 5.74) is -0.197. The van der Waals surface area contributed by atoms with Crippen molar-refractivity contribution in [3.63, 3.8) is 0 Å². The van der Waals surface area contributed by atoms with Crippen LogP contribution in [-0.2, 0) is 4.79 Å². The second-order valence-electron chi connectivity index (χ2n) is 6.10. The van der Waals surface area contributed by atoms with Crippen molar-refractivity contribution in [2.75, 3.05) is 26.2 Å². The van der Waals surface area contributed by atoms with Crippen LogP contribution in [0.2, 0.25) is 0 Å². The van der Waals surface area contributed by atoms with Gasteiger partial charge in [0.15, 0.2) is 0 Å². The molecular formula is C14H27N3O3. The number of carboxylic acids is 1. The number of nitrogens with zero attached hydrogens (tertiary/aromatic N) is 2. The van der Waals surface area contributed by atoms with Gasteiger partial charge in [0, 0.05) is 31.7 Å². The smallest absolute Gasteiger partial charge is 0.320 e. The zero-order chi connectivity index (χ0) is 15.3. The highest BCUT2D eigenvalue weighted by atomic mass is 16.4. The topological polar surface area (TPSA) is 72.9 Å². The van der Waals surface area contributed by atoms with E-state index in [-0.39, 0.29) is 11.6 Å². The SMILES string of the molecule is CCCC(C)(C)NC(=O)N1CCN(C(C)C(=O)O)CC1. The maximum atomic E-state index is 12.2. The lowest BCUT2D eigenvalue weighted by atomic mass is 9.99. The number of rotatable bonds is 5. The molecule has 2 amide bonds. The molecule has 1 heterocycles. The normalized spacial score (nSPS) is 18.7. The van der Waals surface area contributed by atoms with Crippen molar-refractivity contribution in [3.8, 4) is 0 Å². The van der Waals surface area contributed by atoms with Crippen LogP contribution in [-0.4, -0.2) is 64.7 Å². The fraction of sp³-hybridized carbons (Fsp3) is 0.857. The molecule has 0 aromatic heterocycles. The average molecular weight is 285 g/mol. The highest BCUT2D eigenvalue weighted by molar-refractivity contribution is 5.75. The molecule has 1 rings (SSSR count). The molecule has 6 nitrogen and oxygen atoms in total. The summed E-state index contributed by atoms with van der Waals surface area (Å²) < 4.78 is 0.